The van der Waals surface area contributed by atoms with Crippen molar-refractivity contribution in [1.82, 2.24) is 0 Å². The second kappa shape index (κ2) is 8.86. The van der Waals surface area contributed by atoms with Crippen LogP contribution in [-0.4, -0.2) is 0 Å². The quantitative estimate of drug-likeness (QED) is 0.440. The highest BCUT2D eigenvalue weighted by molar-refractivity contribution is 6.06. The van der Waals surface area contributed by atoms with Crippen LogP contribution in [0, 0.1) is 0 Å². The van der Waals surface area contributed by atoms with Crippen molar-refractivity contribution in [2.45, 2.75) is 47.5 Å². The molecule has 0 heterocycles. The van der Waals surface area contributed by atoms with Crippen molar-refractivity contribution in [2.75, 3.05) is 0 Å². The molecule has 0 radical (unpaired) electrons. The molecule has 3 aromatic carbocycles. The molecule has 4 rings (SSSR count). The standard InChI is InChI=1S/C24H22.C2H6.CH4/c1-4-19-16(3)22-15-18-13-9-10-14-21(18)23(24(22)20(19)5-2)17-11-7-6-8-12-17;1-2;/h5-16H,2,4H2,1,3H3;1-2H3;1H4. The van der Waals surface area contributed by atoms with E-state index >= 15 is 0 Å². The monoisotopic (exact) mass is 356 g/mol. The van der Waals surface area contributed by atoms with Crippen LogP contribution in [0.5, 0.6) is 0 Å². The molecule has 0 spiro atoms. The number of benzene rings is 3. The Labute approximate surface area is 165 Å². The summed E-state index contributed by atoms with van der Waals surface area (Å²) in [5.74, 6) is 0.463. The van der Waals surface area contributed by atoms with Crippen LogP contribution >= 0.6 is 0 Å². The van der Waals surface area contributed by atoms with Gasteiger partial charge in [-0.25, -0.2) is 0 Å². The van der Waals surface area contributed by atoms with Gasteiger partial charge in [0.25, 0.3) is 0 Å². The lowest BCUT2D eigenvalue weighted by Gasteiger charge is -2.16. The van der Waals surface area contributed by atoms with Crippen molar-refractivity contribution in [2.24, 2.45) is 0 Å². The average Bonchev–Trinajstić information content (AvgIpc) is 2.99. The predicted molar refractivity (Wildman–Crippen MR) is 123 cm³/mol. The predicted octanol–water partition coefficient (Wildman–Crippen LogP) is 8.64. The molecule has 1 aliphatic carbocycles. The van der Waals surface area contributed by atoms with E-state index in [-0.39, 0.29) is 7.43 Å². The molecule has 1 unspecified atom stereocenters. The smallest absolute Gasteiger partial charge is 0.00355 e. The van der Waals surface area contributed by atoms with Crippen molar-refractivity contribution < 1.29 is 0 Å². The Kier molecular flexibility index (Phi) is 6.80. The number of hydrogen-bond acceptors (Lipinski definition) is 0. The van der Waals surface area contributed by atoms with Gasteiger partial charge < -0.3 is 0 Å². The van der Waals surface area contributed by atoms with Gasteiger partial charge in [0, 0.05) is 5.92 Å². The van der Waals surface area contributed by atoms with E-state index in [9.17, 15) is 0 Å². The first kappa shape index (κ1) is 20.7. The maximum atomic E-state index is 4.13. The van der Waals surface area contributed by atoms with Gasteiger partial charge in [0.2, 0.25) is 0 Å². The third-order valence-corrected chi connectivity index (χ3v) is 5.33. The summed E-state index contributed by atoms with van der Waals surface area (Å²) in [4.78, 5) is 0. The summed E-state index contributed by atoms with van der Waals surface area (Å²) in [6.07, 6.45) is 3.13. The Morgan fingerprint density at radius 1 is 0.926 bits per heavy atom. The third kappa shape index (κ3) is 3.37. The zero-order chi connectivity index (χ0) is 18.7. The molecule has 0 saturated heterocycles. The molecule has 0 bridgehead atoms. The zero-order valence-corrected chi connectivity index (χ0v) is 16.3. The van der Waals surface area contributed by atoms with E-state index in [0.29, 0.717) is 5.92 Å². The topological polar surface area (TPSA) is 0 Å². The Balaban J connectivity index is 0.000000844. The summed E-state index contributed by atoms with van der Waals surface area (Å²) >= 11 is 0. The summed E-state index contributed by atoms with van der Waals surface area (Å²) in [5.41, 5.74) is 8.32. The summed E-state index contributed by atoms with van der Waals surface area (Å²) in [6, 6.07) is 21.9. The Morgan fingerprint density at radius 2 is 1.56 bits per heavy atom. The fraction of sp³-hybridized carbons (Fsp3) is 0.259. The van der Waals surface area contributed by atoms with E-state index < -0.39 is 0 Å². The minimum atomic E-state index is 0. The Hall–Kier alpha value is -2.60. The second-order valence-corrected chi connectivity index (χ2v) is 6.52. The second-order valence-electron chi connectivity index (χ2n) is 6.52. The highest BCUT2D eigenvalue weighted by atomic mass is 14.3. The van der Waals surface area contributed by atoms with Crippen molar-refractivity contribution in [3.63, 3.8) is 0 Å². The molecule has 0 nitrogen and oxygen atoms in total. The van der Waals surface area contributed by atoms with Crippen LogP contribution in [0.3, 0.4) is 0 Å². The first-order chi connectivity index (χ1) is 12.8. The van der Waals surface area contributed by atoms with E-state index in [4.69, 9.17) is 0 Å². The van der Waals surface area contributed by atoms with Crippen molar-refractivity contribution in [3.8, 4) is 11.1 Å². The van der Waals surface area contributed by atoms with Gasteiger partial charge in [0.1, 0.15) is 0 Å². The van der Waals surface area contributed by atoms with Crippen LogP contribution in [0.25, 0.3) is 27.5 Å². The lowest BCUT2D eigenvalue weighted by Crippen LogP contribution is -1.95. The lowest BCUT2D eigenvalue weighted by molar-refractivity contribution is 0.864. The Bertz CT molecular complexity index is 958. The van der Waals surface area contributed by atoms with Gasteiger partial charge in [0.15, 0.2) is 0 Å². The van der Waals surface area contributed by atoms with Gasteiger partial charge >= 0.3 is 0 Å². The molecule has 0 fully saturated rings. The van der Waals surface area contributed by atoms with Gasteiger partial charge in [-0.05, 0) is 51.1 Å². The molecule has 0 heteroatoms. The van der Waals surface area contributed by atoms with Crippen molar-refractivity contribution in [1.29, 1.82) is 0 Å². The SMILES string of the molecule is C.C=CC1=C(CC)C(C)c2cc3ccccc3c(-c3ccccc3)c21.CC. The maximum Gasteiger partial charge on any atom is 0.00355 e. The highest BCUT2D eigenvalue weighted by Crippen LogP contribution is 2.50. The molecular formula is C27H32. The third-order valence-electron chi connectivity index (χ3n) is 5.33. The molecule has 140 valence electrons. The van der Waals surface area contributed by atoms with Crippen LogP contribution in [0.15, 0.2) is 78.9 Å². The van der Waals surface area contributed by atoms with Crippen LogP contribution in [0.4, 0.5) is 0 Å². The van der Waals surface area contributed by atoms with Gasteiger partial charge in [0.05, 0.1) is 0 Å². The summed E-state index contributed by atoms with van der Waals surface area (Å²) in [7, 11) is 0. The highest BCUT2D eigenvalue weighted by Gasteiger charge is 2.29. The van der Waals surface area contributed by atoms with Gasteiger partial charge in [-0.1, -0.05) is 108 Å². The lowest BCUT2D eigenvalue weighted by atomic mass is 9.87. The summed E-state index contributed by atoms with van der Waals surface area (Å²) < 4.78 is 0. The molecule has 1 aliphatic rings. The summed E-state index contributed by atoms with van der Waals surface area (Å²) in [5, 5.41) is 2.65. The largest absolute Gasteiger partial charge is 0.0984 e. The number of fused-ring (bicyclic) bond motifs is 2. The van der Waals surface area contributed by atoms with Crippen LogP contribution < -0.4 is 0 Å². The number of hydrogen-bond donors (Lipinski definition) is 0. The Morgan fingerprint density at radius 3 is 2.19 bits per heavy atom. The fourth-order valence-electron chi connectivity index (χ4n) is 4.22. The molecular weight excluding hydrogens is 324 g/mol. The van der Waals surface area contributed by atoms with Gasteiger partial charge in [-0.15, -0.1) is 0 Å². The number of allylic oxidation sites excluding steroid dienone is 3. The molecule has 0 saturated carbocycles. The molecule has 0 N–H and O–H groups in total. The summed E-state index contributed by atoms with van der Waals surface area (Å²) in [6.45, 7) is 12.7. The van der Waals surface area contributed by atoms with Gasteiger partial charge in [-0.2, -0.15) is 0 Å². The molecule has 1 atom stereocenters. The van der Waals surface area contributed by atoms with E-state index in [1.165, 1.54) is 44.2 Å². The molecule has 3 aromatic rings. The van der Waals surface area contributed by atoms with Crippen LogP contribution in [0.1, 0.15) is 58.6 Å². The first-order valence-corrected chi connectivity index (χ1v) is 9.73. The van der Waals surface area contributed by atoms with Crippen LogP contribution in [-0.2, 0) is 0 Å². The maximum absolute atomic E-state index is 4.13. The van der Waals surface area contributed by atoms with Crippen molar-refractivity contribution >= 4 is 16.3 Å². The number of rotatable bonds is 3. The molecule has 27 heavy (non-hydrogen) atoms. The average molecular weight is 357 g/mol. The minimum Gasteiger partial charge on any atom is -0.0984 e. The molecule has 0 aromatic heterocycles. The molecule has 0 amide bonds. The van der Waals surface area contributed by atoms with Crippen LogP contribution in [0.2, 0.25) is 0 Å². The first-order valence-electron chi connectivity index (χ1n) is 9.73. The molecule has 0 aliphatic heterocycles. The zero-order valence-electron chi connectivity index (χ0n) is 16.3. The van der Waals surface area contributed by atoms with Crippen molar-refractivity contribution in [3.05, 3.63) is 90.0 Å². The van der Waals surface area contributed by atoms with E-state index in [1.807, 2.05) is 13.8 Å². The van der Waals surface area contributed by atoms with E-state index in [2.05, 4.69) is 87.2 Å². The minimum absolute atomic E-state index is 0. The normalized spacial score (nSPS) is 14.9. The van der Waals surface area contributed by atoms with E-state index in [0.717, 1.165) is 6.42 Å². The fourth-order valence-corrected chi connectivity index (χ4v) is 4.22. The van der Waals surface area contributed by atoms with Gasteiger partial charge in [-0.3, -0.25) is 0 Å². The van der Waals surface area contributed by atoms with E-state index in [1.54, 1.807) is 0 Å².